The zero-order chi connectivity index (χ0) is 19.7. The van der Waals surface area contributed by atoms with Crippen LogP contribution in [0, 0.1) is 0 Å². The molecule has 2 aromatic rings. The first-order chi connectivity index (χ1) is 13.5. The van der Waals surface area contributed by atoms with Gasteiger partial charge >= 0.3 is 0 Å². The van der Waals surface area contributed by atoms with Gasteiger partial charge in [0.1, 0.15) is 0 Å². The number of hydrogen-bond donors (Lipinski definition) is 1. The molecule has 2 amide bonds. The van der Waals surface area contributed by atoms with Crippen LogP contribution in [-0.4, -0.2) is 33.3 Å². The van der Waals surface area contributed by atoms with E-state index in [1.165, 1.54) is 40.6 Å². The number of rotatable bonds is 7. The van der Waals surface area contributed by atoms with Crippen molar-refractivity contribution >= 4 is 45.7 Å². The number of amides is 2. The summed E-state index contributed by atoms with van der Waals surface area (Å²) in [6.07, 6.45) is 5.91. The number of nitrogens with zero attached hydrogens (tertiary/aromatic N) is 3. The Bertz CT molecular complexity index is 894. The van der Waals surface area contributed by atoms with Crippen molar-refractivity contribution in [1.29, 1.82) is 0 Å². The second-order valence-electron chi connectivity index (χ2n) is 7.29. The average Bonchev–Trinajstić information content (AvgIpc) is 3.22. The molecule has 0 radical (unpaired) electrons. The molecule has 1 fully saturated rings. The zero-order valence-electron chi connectivity index (χ0n) is 16.1. The summed E-state index contributed by atoms with van der Waals surface area (Å²) >= 11 is 2.77. The van der Waals surface area contributed by atoms with Gasteiger partial charge in [0, 0.05) is 18.2 Å². The fourth-order valence-electron chi connectivity index (χ4n) is 3.42. The van der Waals surface area contributed by atoms with Gasteiger partial charge in [0.2, 0.25) is 16.9 Å². The third kappa shape index (κ3) is 4.22. The SMILES string of the molecule is CCC(=O)N(c1nnc(S[C@@H](C)C(=O)Nc2ccc3c(c2)CCC3)s1)C1CC1. The second-order valence-corrected chi connectivity index (χ2v) is 9.83. The normalized spacial score (nSPS) is 16.5. The summed E-state index contributed by atoms with van der Waals surface area (Å²) in [4.78, 5) is 26.6. The summed E-state index contributed by atoms with van der Waals surface area (Å²) in [5.41, 5.74) is 3.58. The lowest BCUT2D eigenvalue weighted by Gasteiger charge is -2.17. The minimum atomic E-state index is -0.301. The van der Waals surface area contributed by atoms with Crippen LogP contribution >= 0.6 is 23.1 Å². The molecule has 6 nitrogen and oxygen atoms in total. The number of aromatic nitrogens is 2. The van der Waals surface area contributed by atoms with Crippen LogP contribution in [0.5, 0.6) is 0 Å². The Morgan fingerprint density at radius 2 is 2.07 bits per heavy atom. The van der Waals surface area contributed by atoms with Crippen LogP contribution < -0.4 is 10.2 Å². The highest BCUT2D eigenvalue weighted by atomic mass is 32.2. The smallest absolute Gasteiger partial charge is 0.237 e. The summed E-state index contributed by atoms with van der Waals surface area (Å²) < 4.78 is 0.709. The van der Waals surface area contributed by atoms with Gasteiger partial charge in [0.05, 0.1) is 5.25 Å². The first-order valence-electron chi connectivity index (χ1n) is 9.80. The van der Waals surface area contributed by atoms with E-state index in [9.17, 15) is 9.59 Å². The van der Waals surface area contributed by atoms with Gasteiger partial charge in [0.15, 0.2) is 4.34 Å². The molecule has 1 atom stereocenters. The van der Waals surface area contributed by atoms with E-state index < -0.39 is 0 Å². The molecule has 2 aliphatic rings. The third-order valence-electron chi connectivity index (χ3n) is 5.10. The highest BCUT2D eigenvalue weighted by molar-refractivity contribution is 8.02. The number of benzene rings is 1. The van der Waals surface area contributed by atoms with Crippen LogP contribution in [0.25, 0.3) is 0 Å². The molecule has 148 valence electrons. The maximum Gasteiger partial charge on any atom is 0.237 e. The Hall–Kier alpha value is -1.93. The number of anilines is 2. The molecular weight excluding hydrogens is 392 g/mol. The standard InChI is InChI=1S/C20H24N4O2S2/c1-3-17(25)24(16-9-10-16)19-22-23-20(28-19)27-12(2)18(26)21-15-8-7-13-5-4-6-14(13)11-15/h7-8,11-12,16H,3-6,9-10H2,1-2H3,(H,21,26)/t12-/m0/s1. The van der Waals surface area contributed by atoms with E-state index in [4.69, 9.17) is 0 Å². The van der Waals surface area contributed by atoms with Crippen molar-refractivity contribution in [3.8, 4) is 0 Å². The van der Waals surface area contributed by atoms with E-state index >= 15 is 0 Å². The molecule has 1 saturated carbocycles. The molecule has 28 heavy (non-hydrogen) atoms. The summed E-state index contributed by atoms with van der Waals surface area (Å²) in [7, 11) is 0. The maximum atomic E-state index is 12.6. The minimum Gasteiger partial charge on any atom is -0.325 e. The minimum absolute atomic E-state index is 0.0524. The summed E-state index contributed by atoms with van der Waals surface area (Å²) in [6.45, 7) is 3.73. The van der Waals surface area contributed by atoms with E-state index in [-0.39, 0.29) is 23.1 Å². The molecule has 4 rings (SSSR count). The number of carbonyl (C=O) groups excluding carboxylic acids is 2. The number of carbonyl (C=O) groups is 2. The highest BCUT2D eigenvalue weighted by Gasteiger charge is 2.35. The lowest BCUT2D eigenvalue weighted by atomic mass is 10.1. The fourth-order valence-corrected chi connectivity index (χ4v) is 5.49. The largest absolute Gasteiger partial charge is 0.325 e. The number of hydrogen-bond acceptors (Lipinski definition) is 6. The molecule has 0 aliphatic heterocycles. The molecule has 0 saturated heterocycles. The van der Waals surface area contributed by atoms with Crippen molar-refractivity contribution in [2.75, 3.05) is 10.2 Å². The van der Waals surface area contributed by atoms with Crippen molar-refractivity contribution in [2.24, 2.45) is 0 Å². The van der Waals surface area contributed by atoms with Crippen LogP contribution in [-0.2, 0) is 22.4 Å². The number of fused-ring (bicyclic) bond motifs is 1. The van der Waals surface area contributed by atoms with E-state index in [1.54, 1.807) is 4.90 Å². The van der Waals surface area contributed by atoms with Gasteiger partial charge in [-0.3, -0.25) is 14.5 Å². The molecule has 1 heterocycles. The van der Waals surface area contributed by atoms with Crippen LogP contribution in [0.2, 0.25) is 0 Å². The molecule has 0 unspecified atom stereocenters. The summed E-state index contributed by atoms with van der Waals surface area (Å²) in [5.74, 6) is 0.0287. The van der Waals surface area contributed by atoms with E-state index in [1.807, 2.05) is 19.9 Å². The number of nitrogens with one attached hydrogen (secondary N) is 1. The van der Waals surface area contributed by atoms with Crippen molar-refractivity contribution in [3.63, 3.8) is 0 Å². The third-order valence-corrected chi connectivity index (χ3v) is 7.20. The molecule has 1 aromatic carbocycles. The van der Waals surface area contributed by atoms with Gasteiger partial charge in [-0.25, -0.2) is 0 Å². The van der Waals surface area contributed by atoms with Gasteiger partial charge < -0.3 is 5.32 Å². The van der Waals surface area contributed by atoms with Gasteiger partial charge in [-0.15, -0.1) is 10.2 Å². The quantitative estimate of drug-likeness (QED) is 0.544. The van der Waals surface area contributed by atoms with Gasteiger partial charge in [0.25, 0.3) is 0 Å². The van der Waals surface area contributed by atoms with Crippen molar-refractivity contribution in [3.05, 3.63) is 29.3 Å². The van der Waals surface area contributed by atoms with Gasteiger partial charge in [-0.2, -0.15) is 0 Å². The zero-order valence-corrected chi connectivity index (χ0v) is 17.7. The number of thioether (sulfide) groups is 1. The monoisotopic (exact) mass is 416 g/mol. The number of aryl methyl sites for hydroxylation is 2. The Balaban J connectivity index is 1.38. The Morgan fingerprint density at radius 3 is 2.82 bits per heavy atom. The second kappa shape index (κ2) is 8.21. The Labute approximate surface area is 173 Å². The molecule has 1 aromatic heterocycles. The van der Waals surface area contributed by atoms with Crippen molar-refractivity contribution in [2.45, 2.75) is 68.0 Å². The van der Waals surface area contributed by atoms with E-state index in [2.05, 4.69) is 27.6 Å². The van der Waals surface area contributed by atoms with Crippen LogP contribution in [0.1, 0.15) is 50.7 Å². The van der Waals surface area contributed by atoms with E-state index in [0.29, 0.717) is 15.9 Å². The molecule has 8 heteroatoms. The van der Waals surface area contributed by atoms with Crippen molar-refractivity contribution < 1.29 is 9.59 Å². The van der Waals surface area contributed by atoms with Crippen molar-refractivity contribution in [1.82, 2.24) is 10.2 Å². The van der Waals surface area contributed by atoms with Crippen LogP contribution in [0.3, 0.4) is 0 Å². The Kier molecular flexibility index (Phi) is 5.68. The highest BCUT2D eigenvalue weighted by Crippen LogP contribution is 2.37. The topological polar surface area (TPSA) is 75.2 Å². The van der Waals surface area contributed by atoms with E-state index in [0.717, 1.165) is 31.4 Å². The Morgan fingerprint density at radius 1 is 1.29 bits per heavy atom. The van der Waals surface area contributed by atoms with Gasteiger partial charge in [-0.05, 0) is 62.3 Å². The van der Waals surface area contributed by atoms with Gasteiger partial charge in [-0.1, -0.05) is 36.1 Å². The average molecular weight is 417 g/mol. The first kappa shape index (κ1) is 19.4. The molecular formula is C20H24N4O2S2. The first-order valence-corrected chi connectivity index (χ1v) is 11.5. The molecule has 0 spiro atoms. The fraction of sp³-hybridized carbons (Fsp3) is 0.500. The predicted molar refractivity (Wildman–Crippen MR) is 113 cm³/mol. The summed E-state index contributed by atoms with van der Waals surface area (Å²) in [6, 6.07) is 6.44. The molecule has 2 aliphatic carbocycles. The van der Waals surface area contributed by atoms with Crippen LogP contribution in [0.4, 0.5) is 10.8 Å². The molecule has 0 bridgehead atoms. The lowest BCUT2D eigenvalue weighted by Crippen LogP contribution is -2.32. The molecule has 1 N–H and O–H groups in total. The summed E-state index contributed by atoms with van der Waals surface area (Å²) in [5, 5.41) is 11.8. The maximum absolute atomic E-state index is 12.6. The predicted octanol–water partition coefficient (Wildman–Crippen LogP) is 4.05. The van der Waals surface area contributed by atoms with Crippen LogP contribution in [0.15, 0.2) is 22.5 Å². The lowest BCUT2D eigenvalue weighted by molar-refractivity contribution is -0.118.